The minimum Gasteiger partial charge on any atom is -0.422 e. The van der Waals surface area contributed by atoms with E-state index in [1.807, 2.05) is 36.4 Å². The Balaban J connectivity index is 1.71. The number of ether oxygens (including phenoxy) is 1. The predicted molar refractivity (Wildman–Crippen MR) is 93.6 cm³/mol. The highest BCUT2D eigenvalue weighted by Gasteiger charge is 2.08. The van der Waals surface area contributed by atoms with Crippen LogP contribution in [-0.4, -0.2) is 15.9 Å². The van der Waals surface area contributed by atoms with Crippen LogP contribution >= 0.6 is 11.6 Å². The molecule has 0 saturated heterocycles. The average Bonchev–Trinajstić information content (AvgIpc) is 2.63. The van der Waals surface area contributed by atoms with E-state index >= 15 is 0 Å². The van der Waals surface area contributed by atoms with Crippen LogP contribution in [0, 0.1) is 0 Å². The topological polar surface area (TPSA) is 52.1 Å². The number of carbonyl (C=O) groups is 1. The summed E-state index contributed by atoms with van der Waals surface area (Å²) >= 11 is 6.22. The molecule has 3 rings (SSSR count). The molecule has 0 aliphatic carbocycles. The first kappa shape index (κ1) is 15.9. The first-order chi connectivity index (χ1) is 11.7. The van der Waals surface area contributed by atoms with E-state index in [1.165, 1.54) is 12.2 Å². The molecule has 0 aliphatic heterocycles. The standard InChI is InChI=1S/C19H13ClN2O2/c20-17-12-15(14-4-2-1-3-5-14)6-8-18(17)24-19(23)9-7-16-13-21-10-11-22-16/h1-13H/b9-7+. The van der Waals surface area contributed by atoms with E-state index in [9.17, 15) is 4.79 Å². The maximum atomic E-state index is 11.9. The zero-order valence-corrected chi connectivity index (χ0v) is 13.4. The summed E-state index contributed by atoms with van der Waals surface area (Å²) in [7, 11) is 0. The van der Waals surface area contributed by atoms with Crippen molar-refractivity contribution in [1.82, 2.24) is 9.97 Å². The smallest absolute Gasteiger partial charge is 0.336 e. The highest BCUT2D eigenvalue weighted by atomic mass is 35.5. The molecule has 3 aromatic rings. The van der Waals surface area contributed by atoms with E-state index in [4.69, 9.17) is 16.3 Å². The van der Waals surface area contributed by atoms with Crippen LogP contribution in [0.1, 0.15) is 5.69 Å². The summed E-state index contributed by atoms with van der Waals surface area (Å²) in [5.41, 5.74) is 2.57. The van der Waals surface area contributed by atoms with E-state index in [-0.39, 0.29) is 0 Å². The molecule has 0 unspecified atom stereocenters. The van der Waals surface area contributed by atoms with E-state index in [2.05, 4.69) is 9.97 Å². The zero-order valence-electron chi connectivity index (χ0n) is 12.6. The van der Waals surface area contributed by atoms with E-state index in [1.54, 1.807) is 30.7 Å². The van der Waals surface area contributed by atoms with Crippen LogP contribution < -0.4 is 4.74 Å². The Bertz CT molecular complexity index is 865. The van der Waals surface area contributed by atoms with Crippen molar-refractivity contribution in [1.29, 1.82) is 0 Å². The number of benzene rings is 2. The second kappa shape index (κ2) is 7.53. The molecule has 5 heteroatoms. The molecule has 1 aromatic heterocycles. The van der Waals surface area contributed by atoms with Crippen molar-refractivity contribution in [2.75, 3.05) is 0 Å². The Morgan fingerprint density at radius 3 is 2.58 bits per heavy atom. The molecule has 0 radical (unpaired) electrons. The van der Waals surface area contributed by atoms with Crippen molar-refractivity contribution in [2.24, 2.45) is 0 Å². The van der Waals surface area contributed by atoms with Gasteiger partial charge in [0.05, 0.1) is 16.9 Å². The monoisotopic (exact) mass is 336 g/mol. The molecular formula is C19H13ClN2O2. The molecule has 0 spiro atoms. The molecule has 24 heavy (non-hydrogen) atoms. The van der Waals surface area contributed by atoms with Crippen LogP contribution in [0.5, 0.6) is 5.75 Å². The largest absolute Gasteiger partial charge is 0.422 e. The van der Waals surface area contributed by atoms with Crippen LogP contribution in [0.25, 0.3) is 17.2 Å². The minimum absolute atomic E-state index is 0.310. The lowest BCUT2D eigenvalue weighted by atomic mass is 10.1. The van der Waals surface area contributed by atoms with E-state index < -0.39 is 5.97 Å². The Labute approximate surface area is 144 Å². The van der Waals surface area contributed by atoms with Gasteiger partial charge in [-0.3, -0.25) is 9.97 Å². The van der Waals surface area contributed by atoms with Crippen LogP contribution in [-0.2, 0) is 4.79 Å². The maximum Gasteiger partial charge on any atom is 0.336 e. The fourth-order valence-electron chi connectivity index (χ4n) is 2.09. The lowest BCUT2D eigenvalue weighted by molar-refractivity contribution is -0.128. The molecule has 4 nitrogen and oxygen atoms in total. The predicted octanol–water partition coefficient (Wildman–Crippen LogP) is 4.42. The van der Waals surface area contributed by atoms with Gasteiger partial charge in [0.1, 0.15) is 5.75 Å². The third-order valence-electron chi connectivity index (χ3n) is 3.22. The number of carbonyl (C=O) groups excluding carboxylic acids is 1. The van der Waals surface area contributed by atoms with Gasteiger partial charge in [-0.05, 0) is 29.3 Å². The van der Waals surface area contributed by atoms with Crippen molar-refractivity contribution in [3.8, 4) is 16.9 Å². The molecule has 0 N–H and O–H groups in total. The first-order valence-electron chi connectivity index (χ1n) is 7.23. The minimum atomic E-state index is -0.532. The summed E-state index contributed by atoms with van der Waals surface area (Å²) in [6.45, 7) is 0. The van der Waals surface area contributed by atoms with Crippen molar-refractivity contribution >= 4 is 23.6 Å². The van der Waals surface area contributed by atoms with Gasteiger partial charge in [0.25, 0.3) is 0 Å². The number of aromatic nitrogens is 2. The molecule has 118 valence electrons. The summed E-state index contributed by atoms with van der Waals surface area (Å²) < 4.78 is 5.25. The Hall–Kier alpha value is -2.98. The van der Waals surface area contributed by atoms with Gasteiger partial charge in [0, 0.05) is 18.5 Å². The second-order valence-electron chi connectivity index (χ2n) is 4.90. The molecule has 1 heterocycles. The summed E-state index contributed by atoms with van der Waals surface area (Å²) in [5, 5.41) is 0.373. The quantitative estimate of drug-likeness (QED) is 0.402. The Kier molecular flexibility index (Phi) is 4.99. The van der Waals surface area contributed by atoms with Crippen molar-refractivity contribution in [3.05, 3.63) is 83.9 Å². The fraction of sp³-hybridized carbons (Fsp3) is 0. The van der Waals surface area contributed by atoms with Gasteiger partial charge in [0.15, 0.2) is 0 Å². The summed E-state index contributed by atoms with van der Waals surface area (Å²) in [5.74, 6) is -0.222. The maximum absolute atomic E-state index is 11.9. The number of hydrogen-bond acceptors (Lipinski definition) is 4. The highest BCUT2D eigenvalue weighted by Crippen LogP contribution is 2.30. The van der Waals surface area contributed by atoms with Crippen molar-refractivity contribution in [3.63, 3.8) is 0 Å². The lowest BCUT2D eigenvalue weighted by Gasteiger charge is -2.07. The lowest BCUT2D eigenvalue weighted by Crippen LogP contribution is -2.04. The van der Waals surface area contributed by atoms with Gasteiger partial charge >= 0.3 is 5.97 Å². The number of hydrogen-bond donors (Lipinski definition) is 0. The molecule has 0 bridgehead atoms. The Morgan fingerprint density at radius 1 is 1.04 bits per heavy atom. The van der Waals surface area contributed by atoms with Gasteiger partial charge in [-0.25, -0.2) is 4.79 Å². The SMILES string of the molecule is O=C(/C=C/c1cnccn1)Oc1ccc(-c2ccccc2)cc1Cl. The summed E-state index contributed by atoms with van der Waals surface area (Å²) in [6, 6.07) is 15.1. The Morgan fingerprint density at radius 2 is 1.88 bits per heavy atom. The van der Waals surface area contributed by atoms with Gasteiger partial charge in [-0.15, -0.1) is 0 Å². The third-order valence-corrected chi connectivity index (χ3v) is 3.52. The number of nitrogens with zero attached hydrogens (tertiary/aromatic N) is 2. The van der Waals surface area contributed by atoms with Crippen molar-refractivity contribution < 1.29 is 9.53 Å². The second-order valence-corrected chi connectivity index (χ2v) is 5.30. The van der Waals surface area contributed by atoms with Crippen LogP contribution in [0.2, 0.25) is 5.02 Å². The average molecular weight is 337 g/mol. The fourth-order valence-corrected chi connectivity index (χ4v) is 2.31. The van der Waals surface area contributed by atoms with Crippen LogP contribution in [0.4, 0.5) is 0 Å². The summed E-state index contributed by atoms with van der Waals surface area (Å²) in [6.07, 6.45) is 7.46. The highest BCUT2D eigenvalue weighted by molar-refractivity contribution is 6.32. The molecule has 0 aliphatic rings. The third kappa shape index (κ3) is 4.06. The first-order valence-corrected chi connectivity index (χ1v) is 7.61. The normalized spacial score (nSPS) is 10.7. The molecule has 0 amide bonds. The van der Waals surface area contributed by atoms with E-state index in [0.29, 0.717) is 16.5 Å². The van der Waals surface area contributed by atoms with Gasteiger partial charge in [-0.2, -0.15) is 0 Å². The van der Waals surface area contributed by atoms with Gasteiger partial charge in [0.2, 0.25) is 0 Å². The molecular weight excluding hydrogens is 324 g/mol. The number of halogens is 1. The number of rotatable bonds is 4. The van der Waals surface area contributed by atoms with Crippen LogP contribution in [0.3, 0.4) is 0 Å². The van der Waals surface area contributed by atoms with Gasteiger partial charge < -0.3 is 4.74 Å². The summed E-state index contributed by atoms with van der Waals surface area (Å²) in [4.78, 5) is 19.8. The molecule has 2 aromatic carbocycles. The molecule has 0 atom stereocenters. The van der Waals surface area contributed by atoms with Crippen molar-refractivity contribution in [2.45, 2.75) is 0 Å². The number of esters is 1. The zero-order chi connectivity index (χ0) is 16.8. The van der Waals surface area contributed by atoms with E-state index in [0.717, 1.165) is 11.1 Å². The van der Waals surface area contributed by atoms with Gasteiger partial charge in [-0.1, -0.05) is 48.0 Å². The molecule has 0 saturated carbocycles. The van der Waals surface area contributed by atoms with Crippen LogP contribution in [0.15, 0.2) is 73.2 Å². The molecule has 0 fully saturated rings.